The quantitative estimate of drug-likeness (QED) is 0.440. The Hall–Kier alpha value is -2.83. The number of carbonyl (C=O) groups is 1. The molecule has 29 heavy (non-hydrogen) atoms. The van der Waals surface area contributed by atoms with Crippen LogP contribution >= 0.6 is 0 Å². The molecule has 0 fully saturated rings. The van der Waals surface area contributed by atoms with E-state index < -0.39 is 6.16 Å². The molecule has 0 saturated heterocycles. The Morgan fingerprint density at radius 3 is 2.55 bits per heavy atom. The van der Waals surface area contributed by atoms with Crippen LogP contribution in [0.2, 0.25) is 0 Å². The van der Waals surface area contributed by atoms with Crippen LogP contribution in [0.25, 0.3) is 10.9 Å². The molecule has 2 aromatic carbocycles. The first-order valence-electron chi connectivity index (χ1n) is 9.83. The summed E-state index contributed by atoms with van der Waals surface area (Å²) < 4.78 is 10.8. The summed E-state index contributed by atoms with van der Waals surface area (Å²) in [5.41, 5.74) is 3.30. The van der Waals surface area contributed by atoms with E-state index in [0.717, 1.165) is 36.0 Å². The molecule has 1 N–H and O–H groups in total. The molecule has 0 atom stereocenters. The fourth-order valence-corrected chi connectivity index (χ4v) is 3.22. The van der Waals surface area contributed by atoms with Crippen molar-refractivity contribution in [3.63, 3.8) is 0 Å². The maximum Gasteiger partial charge on any atom is 0.513 e. The Labute approximate surface area is 172 Å². The topological polar surface area (TPSA) is 57.8 Å². The molecule has 0 aliphatic heterocycles. The zero-order valence-electron chi connectivity index (χ0n) is 17.4. The Bertz CT molecular complexity index is 922. The van der Waals surface area contributed by atoms with Gasteiger partial charge >= 0.3 is 6.16 Å². The minimum Gasteiger partial charge on any atom is -0.433 e. The van der Waals surface area contributed by atoms with Crippen LogP contribution in [0.1, 0.15) is 11.1 Å². The van der Waals surface area contributed by atoms with Gasteiger partial charge in [0, 0.05) is 36.7 Å². The molecule has 0 saturated carbocycles. The summed E-state index contributed by atoms with van der Waals surface area (Å²) in [6.07, 6.45) is 2.17. The van der Waals surface area contributed by atoms with Crippen LogP contribution in [0.5, 0.6) is 5.75 Å². The first-order chi connectivity index (χ1) is 14.0. The molecule has 0 aliphatic carbocycles. The number of hydrogen-bond donors (Lipinski definition) is 1. The summed E-state index contributed by atoms with van der Waals surface area (Å²) in [4.78, 5) is 19.7. The number of nitrogens with one attached hydrogen (secondary N) is 1. The van der Waals surface area contributed by atoms with Crippen LogP contribution in [-0.2, 0) is 17.7 Å². The van der Waals surface area contributed by atoms with E-state index >= 15 is 0 Å². The third kappa shape index (κ3) is 6.07. The average molecular weight is 396 g/mol. The normalized spacial score (nSPS) is 11.3. The van der Waals surface area contributed by atoms with Crippen molar-refractivity contribution >= 4 is 17.1 Å². The van der Waals surface area contributed by atoms with Crippen molar-refractivity contribution in [3.05, 3.63) is 65.9 Å². The molecule has 0 amide bonds. The van der Waals surface area contributed by atoms with E-state index in [1.54, 1.807) is 6.07 Å². The molecular formula is C23H29N3O3. The number of nitrogens with zero attached hydrogens (tertiary/aromatic N) is 2. The predicted octanol–water partition coefficient (Wildman–Crippen LogP) is 3.92. The first kappa shape index (κ1) is 20.9. The molecule has 0 radical (unpaired) electrons. The summed E-state index contributed by atoms with van der Waals surface area (Å²) in [6.45, 7) is 2.63. The summed E-state index contributed by atoms with van der Waals surface area (Å²) in [7, 11) is 6.08. The third-order valence-corrected chi connectivity index (χ3v) is 4.76. The second kappa shape index (κ2) is 10.1. The SMILES string of the molecule is CN(C)CCc1c[nH]c2cccc(OC(=O)OCCN(C)Cc3ccccc3)c12. The minimum absolute atomic E-state index is 0.277. The monoisotopic (exact) mass is 395 g/mol. The van der Waals surface area contributed by atoms with Crippen LogP contribution in [-0.4, -0.2) is 61.8 Å². The second-order valence-electron chi connectivity index (χ2n) is 7.47. The molecule has 1 heterocycles. The summed E-state index contributed by atoms with van der Waals surface area (Å²) in [6, 6.07) is 15.8. The van der Waals surface area contributed by atoms with E-state index in [9.17, 15) is 4.79 Å². The van der Waals surface area contributed by atoms with Crippen molar-refractivity contribution in [2.24, 2.45) is 0 Å². The second-order valence-corrected chi connectivity index (χ2v) is 7.47. The summed E-state index contributed by atoms with van der Waals surface area (Å²) in [5, 5.41) is 0.937. The highest BCUT2D eigenvalue weighted by Crippen LogP contribution is 2.29. The Kier molecular flexibility index (Phi) is 7.27. The smallest absolute Gasteiger partial charge is 0.433 e. The fraction of sp³-hybridized carbons (Fsp3) is 0.348. The van der Waals surface area contributed by atoms with Crippen LogP contribution < -0.4 is 4.74 Å². The number of ether oxygens (including phenoxy) is 2. The summed E-state index contributed by atoms with van der Waals surface area (Å²) >= 11 is 0. The van der Waals surface area contributed by atoms with Crippen molar-refractivity contribution in [2.45, 2.75) is 13.0 Å². The number of hydrogen-bond acceptors (Lipinski definition) is 5. The van der Waals surface area contributed by atoms with Crippen LogP contribution in [0.3, 0.4) is 0 Å². The molecule has 0 aliphatic rings. The van der Waals surface area contributed by atoms with Gasteiger partial charge in [-0.1, -0.05) is 36.4 Å². The van der Waals surface area contributed by atoms with Crippen molar-refractivity contribution in [1.82, 2.24) is 14.8 Å². The van der Waals surface area contributed by atoms with E-state index in [1.165, 1.54) is 5.56 Å². The van der Waals surface area contributed by atoms with Gasteiger partial charge in [0.05, 0.1) is 0 Å². The van der Waals surface area contributed by atoms with Gasteiger partial charge in [0.15, 0.2) is 0 Å². The lowest BCUT2D eigenvalue weighted by Gasteiger charge is -2.16. The number of aromatic nitrogens is 1. The maximum absolute atomic E-state index is 12.2. The lowest BCUT2D eigenvalue weighted by atomic mass is 10.1. The molecule has 0 unspecified atom stereocenters. The first-order valence-corrected chi connectivity index (χ1v) is 9.83. The van der Waals surface area contributed by atoms with Gasteiger partial charge in [-0.25, -0.2) is 4.79 Å². The number of carbonyl (C=O) groups excluding carboxylic acids is 1. The maximum atomic E-state index is 12.2. The molecule has 1 aromatic heterocycles. The van der Waals surface area contributed by atoms with Crippen molar-refractivity contribution in [3.8, 4) is 5.75 Å². The van der Waals surface area contributed by atoms with Crippen molar-refractivity contribution in [2.75, 3.05) is 40.8 Å². The largest absolute Gasteiger partial charge is 0.513 e. The number of benzene rings is 2. The lowest BCUT2D eigenvalue weighted by Crippen LogP contribution is -2.24. The zero-order chi connectivity index (χ0) is 20.6. The van der Waals surface area contributed by atoms with E-state index in [4.69, 9.17) is 9.47 Å². The number of likely N-dealkylation sites (N-methyl/N-ethyl adjacent to an activating group) is 2. The molecular weight excluding hydrogens is 366 g/mol. The van der Waals surface area contributed by atoms with Gasteiger partial charge in [-0.15, -0.1) is 0 Å². The average Bonchev–Trinajstić information content (AvgIpc) is 3.11. The van der Waals surface area contributed by atoms with Gasteiger partial charge in [-0.3, -0.25) is 4.90 Å². The highest BCUT2D eigenvalue weighted by molar-refractivity contribution is 5.90. The third-order valence-electron chi connectivity index (χ3n) is 4.76. The molecule has 0 bridgehead atoms. The van der Waals surface area contributed by atoms with E-state index in [-0.39, 0.29) is 6.61 Å². The minimum atomic E-state index is -0.676. The number of aromatic amines is 1. The molecule has 6 heteroatoms. The lowest BCUT2D eigenvalue weighted by molar-refractivity contribution is 0.0900. The fourth-order valence-electron chi connectivity index (χ4n) is 3.22. The van der Waals surface area contributed by atoms with Crippen LogP contribution in [0, 0.1) is 0 Å². The Balaban J connectivity index is 1.53. The number of rotatable bonds is 9. The standard InChI is InChI=1S/C23H29N3O3/c1-25(2)13-12-19-16-24-20-10-7-11-21(22(19)20)29-23(27)28-15-14-26(3)17-18-8-5-4-6-9-18/h4-11,16,24H,12-15,17H2,1-3H3. The highest BCUT2D eigenvalue weighted by atomic mass is 16.7. The Morgan fingerprint density at radius 1 is 1.00 bits per heavy atom. The van der Waals surface area contributed by atoms with Crippen molar-refractivity contribution in [1.29, 1.82) is 0 Å². The number of H-pyrrole nitrogens is 1. The molecule has 154 valence electrons. The molecule has 6 nitrogen and oxygen atoms in total. The van der Waals surface area contributed by atoms with Gasteiger partial charge in [0.25, 0.3) is 0 Å². The van der Waals surface area contributed by atoms with E-state index in [2.05, 4.69) is 26.9 Å². The molecule has 0 spiro atoms. The van der Waals surface area contributed by atoms with Gasteiger partial charge in [0.2, 0.25) is 0 Å². The van der Waals surface area contributed by atoms with Crippen LogP contribution in [0.4, 0.5) is 4.79 Å². The Morgan fingerprint density at radius 2 is 1.79 bits per heavy atom. The van der Waals surface area contributed by atoms with Crippen LogP contribution in [0.15, 0.2) is 54.7 Å². The van der Waals surface area contributed by atoms with Gasteiger partial charge in [-0.05, 0) is 50.8 Å². The van der Waals surface area contributed by atoms with E-state index in [1.807, 2.05) is 57.7 Å². The van der Waals surface area contributed by atoms with E-state index in [0.29, 0.717) is 12.3 Å². The molecule has 3 aromatic rings. The zero-order valence-corrected chi connectivity index (χ0v) is 17.4. The van der Waals surface area contributed by atoms with Gasteiger partial charge in [-0.2, -0.15) is 0 Å². The van der Waals surface area contributed by atoms with Gasteiger partial charge in [0.1, 0.15) is 12.4 Å². The molecule has 3 rings (SSSR count). The predicted molar refractivity (Wildman–Crippen MR) is 115 cm³/mol. The number of fused-ring (bicyclic) bond motifs is 1. The summed E-state index contributed by atoms with van der Waals surface area (Å²) in [5.74, 6) is 0.528. The van der Waals surface area contributed by atoms with Crippen molar-refractivity contribution < 1.29 is 14.3 Å². The van der Waals surface area contributed by atoms with Gasteiger partial charge < -0.3 is 19.4 Å². The highest BCUT2D eigenvalue weighted by Gasteiger charge is 2.14.